The summed E-state index contributed by atoms with van der Waals surface area (Å²) >= 11 is 0. The van der Waals surface area contributed by atoms with Gasteiger partial charge in [-0.15, -0.1) is 0 Å². The summed E-state index contributed by atoms with van der Waals surface area (Å²) < 4.78 is 5.84. The molecule has 1 aliphatic heterocycles. The minimum atomic E-state index is 0.328. The van der Waals surface area contributed by atoms with Crippen LogP contribution in [0.1, 0.15) is 45.1 Å². The lowest BCUT2D eigenvalue weighted by Gasteiger charge is -2.30. The first-order valence-electron chi connectivity index (χ1n) is 6.65. The van der Waals surface area contributed by atoms with Gasteiger partial charge in [0.1, 0.15) is 11.5 Å². The smallest absolute Gasteiger partial charge is 0.118 e. The van der Waals surface area contributed by atoms with E-state index in [9.17, 15) is 0 Å². The Morgan fingerprint density at radius 2 is 2.12 bits per heavy atom. The number of nitrogens with zero attached hydrogens (tertiary/aromatic N) is 1. The van der Waals surface area contributed by atoms with Gasteiger partial charge in [-0.25, -0.2) is 0 Å². The van der Waals surface area contributed by atoms with E-state index in [0.29, 0.717) is 5.54 Å². The van der Waals surface area contributed by atoms with Crippen LogP contribution < -0.4 is 5.32 Å². The number of hydrogen-bond donors (Lipinski definition) is 1. The van der Waals surface area contributed by atoms with Gasteiger partial charge in [0.2, 0.25) is 0 Å². The average molecular weight is 236 g/mol. The zero-order chi connectivity index (χ0) is 12.3. The summed E-state index contributed by atoms with van der Waals surface area (Å²) in [5.74, 6) is 2.13. The largest absolute Gasteiger partial charge is 0.463 e. The molecule has 0 spiro atoms. The molecule has 0 radical (unpaired) electrons. The van der Waals surface area contributed by atoms with Crippen LogP contribution in [0.5, 0.6) is 0 Å². The highest BCUT2D eigenvalue weighted by Gasteiger charge is 2.32. The summed E-state index contributed by atoms with van der Waals surface area (Å²) in [5, 5.41) is 3.28. The lowest BCUT2D eigenvalue weighted by atomic mass is 10.0. The first kappa shape index (κ1) is 12.7. The second-order valence-corrected chi connectivity index (χ2v) is 5.49. The second-order valence-electron chi connectivity index (χ2n) is 5.49. The molecule has 0 atom stereocenters. The van der Waals surface area contributed by atoms with Crippen molar-refractivity contribution in [2.24, 2.45) is 0 Å². The van der Waals surface area contributed by atoms with Gasteiger partial charge in [0.05, 0.1) is 13.1 Å². The minimum Gasteiger partial charge on any atom is -0.463 e. The Hall–Kier alpha value is -0.800. The van der Waals surface area contributed by atoms with Crippen LogP contribution in [0.25, 0.3) is 0 Å². The molecule has 0 saturated carbocycles. The van der Waals surface area contributed by atoms with Gasteiger partial charge in [-0.2, -0.15) is 0 Å². The number of nitrogens with one attached hydrogen (secondary N) is 1. The highest BCUT2D eigenvalue weighted by Crippen LogP contribution is 2.29. The van der Waals surface area contributed by atoms with Crippen molar-refractivity contribution >= 4 is 0 Å². The zero-order valence-corrected chi connectivity index (χ0v) is 11.3. The highest BCUT2D eigenvalue weighted by molar-refractivity contribution is 5.08. The van der Waals surface area contributed by atoms with Crippen molar-refractivity contribution in [3.05, 3.63) is 23.7 Å². The summed E-state index contributed by atoms with van der Waals surface area (Å²) in [5.41, 5.74) is 0.328. The first-order valence-corrected chi connectivity index (χ1v) is 6.65. The Balaban J connectivity index is 1.92. The molecule has 0 aromatic carbocycles. The maximum absolute atomic E-state index is 5.84. The summed E-state index contributed by atoms with van der Waals surface area (Å²) in [6.07, 6.45) is 2.59. The van der Waals surface area contributed by atoms with E-state index in [1.54, 1.807) is 0 Å². The van der Waals surface area contributed by atoms with E-state index in [1.807, 2.05) is 0 Å². The molecule has 0 unspecified atom stereocenters. The normalized spacial score (nSPS) is 19.9. The Morgan fingerprint density at radius 1 is 1.35 bits per heavy atom. The molecule has 1 aromatic heterocycles. The number of likely N-dealkylation sites (tertiary alicyclic amines) is 1. The predicted octanol–water partition coefficient (Wildman–Crippen LogP) is 2.76. The van der Waals surface area contributed by atoms with Crippen LogP contribution in [-0.2, 0) is 13.1 Å². The average Bonchev–Trinajstić information content (AvgIpc) is 2.84. The van der Waals surface area contributed by atoms with Gasteiger partial charge in [0.15, 0.2) is 0 Å². The lowest BCUT2D eigenvalue weighted by Crippen LogP contribution is -2.37. The van der Waals surface area contributed by atoms with Gasteiger partial charge in [-0.1, -0.05) is 6.92 Å². The Kier molecular flexibility index (Phi) is 3.89. The maximum Gasteiger partial charge on any atom is 0.118 e. The monoisotopic (exact) mass is 236 g/mol. The second kappa shape index (κ2) is 5.23. The summed E-state index contributed by atoms with van der Waals surface area (Å²) in [6.45, 7) is 10.7. The van der Waals surface area contributed by atoms with Crippen LogP contribution in [0, 0.1) is 0 Å². The van der Waals surface area contributed by atoms with Crippen molar-refractivity contribution in [1.82, 2.24) is 10.2 Å². The van der Waals surface area contributed by atoms with Crippen LogP contribution in [-0.4, -0.2) is 23.5 Å². The van der Waals surface area contributed by atoms with E-state index in [-0.39, 0.29) is 0 Å². The zero-order valence-electron chi connectivity index (χ0n) is 11.3. The maximum atomic E-state index is 5.84. The first-order chi connectivity index (χ1) is 8.12. The fourth-order valence-electron chi connectivity index (χ4n) is 2.49. The fourth-order valence-corrected chi connectivity index (χ4v) is 2.49. The lowest BCUT2D eigenvalue weighted by molar-refractivity contribution is 0.153. The Labute approximate surface area is 104 Å². The number of rotatable bonds is 5. The van der Waals surface area contributed by atoms with Gasteiger partial charge in [0.25, 0.3) is 0 Å². The molecule has 2 rings (SSSR count). The standard InChI is InChI=1S/C14H24N2O/c1-4-15-10-12-6-7-13(17-12)11-16-9-5-8-14(16,2)3/h6-7,15H,4-5,8-11H2,1-3H3. The molecule has 0 aliphatic carbocycles. The van der Waals surface area contributed by atoms with Crippen LogP contribution in [0.3, 0.4) is 0 Å². The Bertz CT molecular complexity index is 357. The quantitative estimate of drug-likeness (QED) is 0.852. The van der Waals surface area contributed by atoms with E-state index in [1.165, 1.54) is 19.4 Å². The molecule has 17 heavy (non-hydrogen) atoms. The van der Waals surface area contributed by atoms with Gasteiger partial charge in [-0.05, 0) is 51.9 Å². The summed E-state index contributed by atoms with van der Waals surface area (Å²) in [4.78, 5) is 2.52. The summed E-state index contributed by atoms with van der Waals surface area (Å²) in [7, 11) is 0. The molecule has 0 amide bonds. The molecule has 0 bridgehead atoms. The van der Waals surface area contributed by atoms with E-state index in [0.717, 1.165) is 31.2 Å². The van der Waals surface area contributed by atoms with Crippen molar-refractivity contribution in [3.63, 3.8) is 0 Å². The van der Waals surface area contributed by atoms with Crippen LogP contribution in [0.15, 0.2) is 16.5 Å². The van der Waals surface area contributed by atoms with E-state index in [4.69, 9.17) is 4.42 Å². The van der Waals surface area contributed by atoms with Crippen molar-refractivity contribution in [2.75, 3.05) is 13.1 Å². The molecule has 1 aliphatic rings. The summed E-state index contributed by atoms with van der Waals surface area (Å²) in [6, 6.07) is 4.20. The SMILES string of the molecule is CCNCc1ccc(CN2CCCC2(C)C)o1. The van der Waals surface area contributed by atoms with Crippen molar-refractivity contribution in [2.45, 2.75) is 52.2 Å². The topological polar surface area (TPSA) is 28.4 Å². The molecule has 96 valence electrons. The van der Waals surface area contributed by atoms with Crippen molar-refractivity contribution in [3.8, 4) is 0 Å². The van der Waals surface area contributed by atoms with Crippen molar-refractivity contribution < 1.29 is 4.42 Å². The predicted molar refractivity (Wildman–Crippen MR) is 69.8 cm³/mol. The third-order valence-corrected chi connectivity index (χ3v) is 3.69. The van der Waals surface area contributed by atoms with Crippen LogP contribution >= 0.6 is 0 Å². The van der Waals surface area contributed by atoms with Gasteiger partial charge in [0, 0.05) is 5.54 Å². The van der Waals surface area contributed by atoms with Crippen LogP contribution in [0.4, 0.5) is 0 Å². The molecular formula is C14H24N2O. The molecule has 2 heterocycles. The van der Waals surface area contributed by atoms with Gasteiger partial charge >= 0.3 is 0 Å². The number of hydrogen-bond acceptors (Lipinski definition) is 3. The van der Waals surface area contributed by atoms with Gasteiger partial charge in [-0.3, -0.25) is 4.90 Å². The molecule has 1 N–H and O–H groups in total. The fraction of sp³-hybridized carbons (Fsp3) is 0.714. The van der Waals surface area contributed by atoms with Crippen molar-refractivity contribution in [1.29, 1.82) is 0 Å². The molecular weight excluding hydrogens is 212 g/mol. The number of furan rings is 1. The van der Waals surface area contributed by atoms with E-state index < -0.39 is 0 Å². The molecule has 3 heteroatoms. The van der Waals surface area contributed by atoms with Gasteiger partial charge < -0.3 is 9.73 Å². The Morgan fingerprint density at radius 3 is 2.76 bits per heavy atom. The molecule has 1 aromatic rings. The third kappa shape index (κ3) is 3.11. The minimum absolute atomic E-state index is 0.328. The molecule has 1 saturated heterocycles. The van der Waals surface area contributed by atoms with Crippen LogP contribution in [0.2, 0.25) is 0 Å². The molecule has 3 nitrogen and oxygen atoms in total. The molecule has 1 fully saturated rings. The van der Waals surface area contributed by atoms with E-state index in [2.05, 4.69) is 43.1 Å². The highest BCUT2D eigenvalue weighted by atomic mass is 16.3. The third-order valence-electron chi connectivity index (χ3n) is 3.69. The van der Waals surface area contributed by atoms with E-state index >= 15 is 0 Å².